The van der Waals surface area contributed by atoms with Crippen LogP contribution in [0.2, 0.25) is 10.0 Å². The third-order valence-corrected chi connectivity index (χ3v) is 8.00. The normalized spacial score (nSPS) is 13.6. The molecule has 2 heterocycles. The molecule has 0 fully saturated rings. The van der Waals surface area contributed by atoms with Crippen LogP contribution in [-0.2, 0) is 23.1 Å². The summed E-state index contributed by atoms with van der Waals surface area (Å²) in [4.78, 5) is 16.7. The predicted molar refractivity (Wildman–Crippen MR) is 131 cm³/mol. The van der Waals surface area contributed by atoms with Crippen LogP contribution < -0.4 is 10.6 Å². The molecule has 11 heteroatoms. The Bertz CT molecular complexity index is 1320. The van der Waals surface area contributed by atoms with Crippen LogP contribution >= 0.6 is 23.2 Å². The first-order chi connectivity index (χ1) is 16.3. The summed E-state index contributed by atoms with van der Waals surface area (Å²) in [6, 6.07) is 13.7. The van der Waals surface area contributed by atoms with E-state index < -0.39 is 10.0 Å². The van der Waals surface area contributed by atoms with Crippen molar-refractivity contribution in [3.05, 3.63) is 87.3 Å². The number of sulfonamides is 1. The Morgan fingerprint density at radius 2 is 1.88 bits per heavy atom. The average Bonchev–Trinajstić information content (AvgIpc) is 3.50. The summed E-state index contributed by atoms with van der Waals surface area (Å²) in [7, 11) is -2.59. The predicted octanol–water partition coefficient (Wildman–Crippen LogP) is 3.69. The van der Waals surface area contributed by atoms with Crippen LogP contribution in [0.1, 0.15) is 27.2 Å². The molecule has 0 saturated carbocycles. The summed E-state index contributed by atoms with van der Waals surface area (Å²) in [5.41, 5.74) is 2.23. The summed E-state index contributed by atoms with van der Waals surface area (Å²) in [5, 5.41) is 6.10. The Morgan fingerprint density at radius 1 is 1.18 bits per heavy atom. The zero-order valence-corrected chi connectivity index (χ0v) is 20.5. The zero-order chi connectivity index (χ0) is 24.3. The molecule has 2 aromatic carbocycles. The van der Waals surface area contributed by atoms with Crippen LogP contribution in [0, 0.1) is 0 Å². The Labute approximate surface area is 207 Å². The van der Waals surface area contributed by atoms with Gasteiger partial charge in [-0.1, -0.05) is 53.5 Å². The maximum atomic E-state index is 12.9. The second-order valence-corrected chi connectivity index (χ2v) is 10.4. The van der Waals surface area contributed by atoms with E-state index in [-0.39, 0.29) is 33.0 Å². The molecule has 1 amide bonds. The number of halogens is 2. The second-order valence-electron chi connectivity index (χ2n) is 7.65. The Morgan fingerprint density at radius 3 is 2.53 bits per heavy atom. The number of furan rings is 1. The number of nitrogens with zero attached hydrogens (tertiary/aromatic N) is 2. The fourth-order valence-electron chi connectivity index (χ4n) is 3.43. The molecule has 1 aliphatic rings. The van der Waals surface area contributed by atoms with Crippen LogP contribution in [0.15, 0.2) is 69.1 Å². The van der Waals surface area contributed by atoms with Crippen molar-refractivity contribution in [3.63, 3.8) is 0 Å². The molecular formula is C23H22Cl2N4O4S. The van der Waals surface area contributed by atoms with E-state index >= 15 is 0 Å². The molecule has 0 spiro atoms. The lowest BCUT2D eigenvalue weighted by Crippen LogP contribution is -2.27. The summed E-state index contributed by atoms with van der Waals surface area (Å²) in [5.74, 6) is 0.847. The van der Waals surface area contributed by atoms with E-state index in [1.807, 2.05) is 24.3 Å². The van der Waals surface area contributed by atoms with Gasteiger partial charge in [-0.2, -0.15) is 4.31 Å². The van der Waals surface area contributed by atoms with Crippen molar-refractivity contribution in [3.8, 4) is 0 Å². The molecule has 8 nitrogen and oxygen atoms in total. The van der Waals surface area contributed by atoms with Gasteiger partial charge >= 0.3 is 0 Å². The number of nitrogens with one attached hydrogen (secondary N) is 2. The van der Waals surface area contributed by atoms with Gasteiger partial charge in [0.25, 0.3) is 5.91 Å². The average molecular weight is 521 g/mol. The number of benzene rings is 2. The zero-order valence-electron chi connectivity index (χ0n) is 18.2. The van der Waals surface area contributed by atoms with Gasteiger partial charge < -0.3 is 15.1 Å². The van der Waals surface area contributed by atoms with E-state index in [4.69, 9.17) is 27.6 Å². The first-order valence-corrected chi connectivity index (χ1v) is 12.6. The monoisotopic (exact) mass is 520 g/mol. The van der Waals surface area contributed by atoms with Gasteiger partial charge in [-0.15, -0.1) is 0 Å². The second kappa shape index (κ2) is 10.2. The van der Waals surface area contributed by atoms with Gasteiger partial charge in [0.15, 0.2) is 0 Å². The van der Waals surface area contributed by atoms with Crippen LogP contribution in [0.25, 0.3) is 0 Å². The molecule has 34 heavy (non-hydrogen) atoms. The number of rotatable bonds is 8. The molecule has 1 aromatic heterocycles. The Kier molecular flexibility index (Phi) is 7.27. The van der Waals surface area contributed by atoms with Gasteiger partial charge in [-0.3, -0.25) is 9.79 Å². The maximum absolute atomic E-state index is 12.9. The molecule has 0 bridgehead atoms. The highest BCUT2D eigenvalue weighted by molar-refractivity contribution is 7.89. The van der Waals surface area contributed by atoms with Crippen molar-refractivity contribution in [2.24, 2.45) is 4.99 Å². The highest BCUT2D eigenvalue weighted by atomic mass is 35.5. The number of hydrogen-bond acceptors (Lipinski definition) is 6. The lowest BCUT2D eigenvalue weighted by Gasteiger charge is -2.17. The molecule has 0 radical (unpaired) electrons. The molecule has 0 aliphatic carbocycles. The van der Waals surface area contributed by atoms with E-state index in [1.165, 1.54) is 31.5 Å². The maximum Gasteiger partial charge on any atom is 0.254 e. The number of carbonyl (C=O) groups is 1. The molecule has 178 valence electrons. The molecule has 0 saturated heterocycles. The molecule has 2 N–H and O–H groups in total. The van der Waals surface area contributed by atoms with Gasteiger partial charge in [0.05, 0.1) is 28.7 Å². The van der Waals surface area contributed by atoms with Crippen molar-refractivity contribution in [2.75, 3.05) is 20.1 Å². The van der Waals surface area contributed by atoms with E-state index in [2.05, 4.69) is 15.6 Å². The van der Waals surface area contributed by atoms with E-state index in [9.17, 15) is 13.2 Å². The highest BCUT2D eigenvalue weighted by Gasteiger charge is 2.27. The fraction of sp³-hybridized carbons (Fsp3) is 0.217. The molecule has 1 aliphatic heterocycles. The van der Waals surface area contributed by atoms with E-state index in [0.29, 0.717) is 12.3 Å². The standard InChI is InChI=1S/C23H22Cl2N4O4S/c1-29(34(31,32)21-19(24)3-2-4-20(21)25)13-18-11-17(14-33-18)23(30)28-12-15-5-7-16(8-6-15)22-26-9-10-27-22/h2-8,11,14H,9-10,12-13H2,1H3,(H,26,27)(H,28,30). The summed E-state index contributed by atoms with van der Waals surface area (Å²) < 4.78 is 32.3. The Balaban J connectivity index is 1.36. The lowest BCUT2D eigenvalue weighted by atomic mass is 10.1. The van der Waals surface area contributed by atoms with E-state index in [1.54, 1.807) is 6.07 Å². The van der Waals surface area contributed by atoms with Crippen LogP contribution in [0.5, 0.6) is 0 Å². The number of hydrogen-bond donors (Lipinski definition) is 2. The van der Waals surface area contributed by atoms with Gasteiger partial charge in [0.1, 0.15) is 22.8 Å². The smallest absolute Gasteiger partial charge is 0.254 e. The molecule has 0 atom stereocenters. The van der Waals surface area contributed by atoms with Crippen molar-refractivity contribution < 1.29 is 17.6 Å². The van der Waals surface area contributed by atoms with Crippen molar-refractivity contribution >= 4 is 45.0 Å². The van der Waals surface area contributed by atoms with Crippen molar-refractivity contribution in [2.45, 2.75) is 18.0 Å². The lowest BCUT2D eigenvalue weighted by molar-refractivity contribution is 0.0950. The molecule has 4 rings (SSSR count). The summed E-state index contributed by atoms with van der Waals surface area (Å²) >= 11 is 12.1. The molecule has 3 aromatic rings. The largest absolute Gasteiger partial charge is 0.467 e. The Hall–Kier alpha value is -2.85. The van der Waals surface area contributed by atoms with Gasteiger partial charge in [-0.25, -0.2) is 8.42 Å². The fourth-order valence-corrected chi connectivity index (χ4v) is 5.65. The minimum Gasteiger partial charge on any atom is -0.467 e. The molecular weight excluding hydrogens is 499 g/mol. The number of amidine groups is 1. The number of carbonyl (C=O) groups excluding carboxylic acids is 1. The SMILES string of the molecule is CN(Cc1cc(C(=O)NCc2ccc(C3=NCCN3)cc2)co1)S(=O)(=O)c1c(Cl)cccc1Cl. The summed E-state index contributed by atoms with van der Waals surface area (Å²) in [6.45, 7) is 1.85. The first kappa shape index (κ1) is 24.3. The van der Waals surface area contributed by atoms with Crippen molar-refractivity contribution in [1.82, 2.24) is 14.9 Å². The van der Waals surface area contributed by atoms with Crippen LogP contribution in [-0.4, -0.2) is 44.6 Å². The number of amides is 1. The highest BCUT2D eigenvalue weighted by Crippen LogP contribution is 2.31. The van der Waals surface area contributed by atoms with Gasteiger partial charge in [0, 0.05) is 25.7 Å². The van der Waals surface area contributed by atoms with Gasteiger partial charge in [0.2, 0.25) is 10.0 Å². The minimum absolute atomic E-state index is 0.0272. The molecule has 0 unspecified atom stereocenters. The minimum atomic E-state index is -3.97. The first-order valence-electron chi connectivity index (χ1n) is 10.4. The third kappa shape index (κ3) is 5.28. The number of aliphatic imine (C=N–C) groups is 1. The quantitative estimate of drug-likeness (QED) is 0.471. The van der Waals surface area contributed by atoms with E-state index in [0.717, 1.165) is 34.4 Å². The third-order valence-electron chi connectivity index (χ3n) is 5.24. The summed E-state index contributed by atoms with van der Waals surface area (Å²) in [6.07, 6.45) is 1.29. The topological polar surface area (TPSA) is 104 Å². The van der Waals surface area contributed by atoms with Gasteiger partial charge in [-0.05, 0) is 23.8 Å². The van der Waals surface area contributed by atoms with Crippen molar-refractivity contribution in [1.29, 1.82) is 0 Å². The van der Waals surface area contributed by atoms with Crippen LogP contribution in [0.4, 0.5) is 0 Å². The van der Waals surface area contributed by atoms with Crippen LogP contribution in [0.3, 0.4) is 0 Å².